The summed E-state index contributed by atoms with van der Waals surface area (Å²) in [4.78, 5) is 6.78. The third-order valence-electron chi connectivity index (χ3n) is 3.73. The Balaban J connectivity index is 1.82. The van der Waals surface area contributed by atoms with E-state index in [0.717, 1.165) is 31.1 Å². The van der Waals surface area contributed by atoms with E-state index in [2.05, 4.69) is 32.3 Å². The van der Waals surface area contributed by atoms with E-state index in [1.807, 2.05) is 16.8 Å². The molecule has 0 saturated carbocycles. The Bertz CT molecular complexity index is 531. The van der Waals surface area contributed by atoms with Crippen LogP contribution < -0.4 is 10.2 Å². The number of likely N-dealkylation sites (N-methyl/N-ethyl adjacent to an activating group) is 1. The van der Waals surface area contributed by atoms with Gasteiger partial charge in [-0.2, -0.15) is 0 Å². The minimum atomic E-state index is 0.554. The van der Waals surface area contributed by atoms with Crippen molar-refractivity contribution in [2.24, 2.45) is 0 Å². The summed E-state index contributed by atoms with van der Waals surface area (Å²) in [6.07, 6.45) is 9.26. The summed E-state index contributed by atoms with van der Waals surface area (Å²) in [5.74, 6) is 0.926. The van der Waals surface area contributed by atoms with Gasteiger partial charge in [-0.05, 0) is 26.3 Å². The van der Waals surface area contributed by atoms with Gasteiger partial charge >= 0.3 is 0 Å². The lowest BCUT2D eigenvalue weighted by Gasteiger charge is -2.30. The van der Waals surface area contributed by atoms with Crippen molar-refractivity contribution in [1.82, 2.24) is 24.9 Å². The third kappa shape index (κ3) is 2.53. The number of anilines is 1. The Labute approximate surface area is 112 Å². The molecule has 1 aliphatic rings. The lowest BCUT2D eigenvalue weighted by molar-refractivity contribution is 0.400. The van der Waals surface area contributed by atoms with E-state index in [1.165, 1.54) is 19.3 Å². The summed E-state index contributed by atoms with van der Waals surface area (Å²) in [5, 5.41) is 11.7. The van der Waals surface area contributed by atoms with E-state index in [1.54, 1.807) is 6.33 Å². The molecule has 0 bridgehead atoms. The van der Waals surface area contributed by atoms with Gasteiger partial charge in [-0.3, -0.25) is 4.40 Å². The van der Waals surface area contributed by atoms with Crippen molar-refractivity contribution in [3.05, 3.63) is 18.7 Å². The Hall–Kier alpha value is -1.69. The average Bonchev–Trinajstić information content (AvgIpc) is 2.94. The molecule has 0 radical (unpaired) electrons. The number of nitrogens with one attached hydrogen (secondary N) is 1. The molecule has 1 N–H and O–H groups in total. The molecule has 0 aliphatic carbocycles. The van der Waals surface area contributed by atoms with E-state index in [4.69, 9.17) is 0 Å². The maximum atomic E-state index is 4.49. The van der Waals surface area contributed by atoms with Crippen LogP contribution in [0.4, 0.5) is 5.82 Å². The van der Waals surface area contributed by atoms with Crippen LogP contribution in [0.1, 0.15) is 26.2 Å². The van der Waals surface area contributed by atoms with E-state index in [-0.39, 0.29) is 0 Å². The van der Waals surface area contributed by atoms with Gasteiger partial charge in [0.05, 0.1) is 0 Å². The second-order valence-electron chi connectivity index (χ2n) is 5.00. The first-order valence-corrected chi connectivity index (χ1v) is 7.01. The number of fused-ring (bicyclic) bond motifs is 1. The highest BCUT2D eigenvalue weighted by Gasteiger charge is 2.19. The fraction of sp³-hybridized carbons (Fsp3) is 0.615. The fourth-order valence-corrected chi connectivity index (χ4v) is 2.68. The Morgan fingerprint density at radius 2 is 2.42 bits per heavy atom. The number of piperidine rings is 1. The molecule has 1 atom stereocenters. The monoisotopic (exact) mass is 260 g/mol. The zero-order valence-electron chi connectivity index (χ0n) is 11.3. The minimum absolute atomic E-state index is 0.554. The van der Waals surface area contributed by atoms with Crippen LogP contribution in [-0.4, -0.2) is 45.3 Å². The van der Waals surface area contributed by atoms with Gasteiger partial charge < -0.3 is 10.2 Å². The van der Waals surface area contributed by atoms with Crippen LogP contribution in [0, 0.1) is 0 Å². The van der Waals surface area contributed by atoms with Gasteiger partial charge in [0.15, 0.2) is 5.82 Å². The minimum Gasteiger partial charge on any atom is -0.352 e. The molecule has 0 spiro atoms. The summed E-state index contributed by atoms with van der Waals surface area (Å²) in [6, 6.07) is 0.554. The summed E-state index contributed by atoms with van der Waals surface area (Å²) >= 11 is 0. The summed E-state index contributed by atoms with van der Waals surface area (Å²) < 4.78 is 1.92. The summed E-state index contributed by atoms with van der Waals surface area (Å²) in [7, 11) is 0. The molecular weight excluding hydrogens is 240 g/mol. The van der Waals surface area contributed by atoms with Crippen molar-refractivity contribution in [3.8, 4) is 0 Å². The Morgan fingerprint density at radius 1 is 1.47 bits per heavy atom. The van der Waals surface area contributed by atoms with E-state index < -0.39 is 0 Å². The smallest absolute Gasteiger partial charge is 0.203 e. The molecule has 0 amide bonds. The molecule has 6 nitrogen and oxygen atoms in total. The van der Waals surface area contributed by atoms with Gasteiger partial charge in [-0.25, -0.2) is 4.98 Å². The highest BCUT2D eigenvalue weighted by molar-refractivity contribution is 5.63. The molecule has 1 aliphatic heterocycles. The van der Waals surface area contributed by atoms with Gasteiger partial charge in [-0.1, -0.05) is 6.42 Å². The third-order valence-corrected chi connectivity index (χ3v) is 3.73. The Morgan fingerprint density at radius 3 is 3.21 bits per heavy atom. The lowest BCUT2D eigenvalue weighted by atomic mass is 10.0. The summed E-state index contributed by atoms with van der Waals surface area (Å²) in [5.41, 5.74) is 0.833. The number of nitrogens with zero attached hydrogens (tertiary/aromatic N) is 5. The van der Waals surface area contributed by atoms with Crippen molar-refractivity contribution >= 4 is 11.5 Å². The van der Waals surface area contributed by atoms with Crippen molar-refractivity contribution in [1.29, 1.82) is 0 Å². The van der Waals surface area contributed by atoms with Crippen LogP contribution in [0.3, 0.4) is 0 Å². The number of hydrogen-bond acceptors (Lipinski definition) is 5. The molecule has 19 heavy (non-hydrogen) atoms. The molecule has 1 unspecified atom stereocenters. The second kappa shape index (κ2) is 5.52. The first kappa shape index (κ1) is 12.3. The van der Waals surface area contributed by atoms with Crippen molar-refractivity contribution < 1.29 is 0 Å². The molecule has 3 heterocycles. The zero-order chi connectivity index (χ0) is 13.1. The number of aromatic nitrogens is 4. The maximum Gasteiger partial charge on any atom is 0.203 e. The Kier molecular flexibility index (Phi) is 3.59. The molecule has 1 fully saturated rings. The number of hydrogen-bond donors (Lipinski definition) is 1. The van der Waals surface area contributed by atoms with E-state index in [0.29, 0.717) is 6.04 Å². The van der Waals surface area contributed by atoms with Gasteiger partial charge in [0.2, 0.25) is 5.65 Å². The molecule has 3 rings (SSSR count). The molecule has 102 valence electrons. The quantitative estimate of drug-likeness (QED) is 0.892. The van der Waals surface area contributed by atoms with Crippen molar-refractivity contribution in [2.75, 3.05) is 24.5 Å². The summed E-state index contributed by atoms with van der Waals surface area (Å²) in [6.45, 7) is 5.20. The first-order chi connectivity index (χ1) is 9.38. The van der Waals surface area contributed by atoms with Crippen LogP contribution in [0.15, 0.2) is 18.7 Å². The molecule has 2 aromatic heterocycles. The SMILES string of the molecule is CCN(CC1CCCCN1)c1nccn2cnnc12. The largest absolute Gasteiger partial charge is 0.352 e. The molecule has 1 saturated heterocycles. The molecular formula is C13H20N6. The van der Waals surface area contributed by atoms with Gasteiger partial charge in [0, 0.05) is 31.5 Å². The fourth-order valence-electron chi connectivity index (χ4n) is 2.68. The number of rotatable bonds is 4. The van der Waals surface area contributed by atoms with Crippen LogP contribution in [0.5, 0.6) is 0 Å². The maximum absolute atomic E-state index is 4.49. The molecule has 0 aromatic carbocycles. The predicted octanol–water partition coefficient (Wildman–Crippen LogP) is 1.09. The van der Waals surface area contributed by atoms with Gasteiger partial charge in [0.25, 0.3) is 0 Å². The van der Waals surface area contributed by atoms with Crippen molar-refractivity contribution in [2.45, 2.75) is 32.2 Å². The van der Waals surface area contributed by atoms with Gasteiger partial charge in [-0.15, -0.1) is 10.2 Å². The van der Waals surface area contributed by atoms with Crippen LogP contribution in [0.2, 0.25) is 0 Å². The van der Waals surface area contributed by atoms with Gasteiger partial charge in [0.1, 0.15) is 6.33 Å². The standard InChI is InChI=1S/C13H20N6/c1-2-18(9-11-5-3-4-6-14-11)12-13-17-16-10-19(13)8-7-15-12/h7-8,10-11,14H,2-6,9H2,1H3. The lowest BCUT2D eigenvalue weighted by Crippen LogP contribution is -2.44. The normalized spacial score (nSPS) is 19.7. The van der Waals surface area contributed by atoms with E-state index in [9.17, 15) is 0 Å². The highest BCUT2D eigenvalue weighted by Crippen LogP contribution is 2.18. The average molecular weight is 260 g/mol. The highest BCUT2D eigenvalue weighted by atomic mass is 15.3. The van der Waals surface area contributed by atoms with Crippen LogP contribution in [0.25, 0.3) is 5.65 Å². The van der Waals surface area contributed by atoms with E-state index >= 15 is 0 Å². The van der Waals surface area contributed by atoms with Crippen LogP contribution >= 0.6 is 0 Å². The molecule has 2 aromatic rings. The zero-order valence-corrected chi connectivity index (χ0v) is 11.3. The van der Waals surface area contributed by atoms with Crippen LogP contribution in [-0.2, 0) is 0 Å². The van der Waals surface area contributed by atoms with Crippen molar-refractivity contribution in [3.63, 3.8) is 0 Å². The first-order valence-electron chi connectivity index (χ1n) is 7.01. The topological polar surface area (TPSA) is 58.4 Å². The predicted molar refractivity (Wildman–Crippen MR) is 74.3 cm³/mol. The second-order valence-corrected chi connectivity index (χ2v) is 5.00. The molecule has 6 heteroatoms.